The van der Waals surface area contributed by atoms with Gasteiger partial charge in [-0.15, -0.1) is 0 Å². The Kier molecular flexibility index (Phi) is 5.77. The predicted octanol–water partition coefficient (Wildman–Crippen LogP) is 1.05. The smallest absolute Gasteiger partial charge is 0.227 e. The van der Waals surface area contributed by atoms with Gasteiger partial charge in [0, 0.05) is 19.7 Å². The summed E-state index contributed by atoms with van der Waals surface area (Å²) in [6.07, 6.45) is 5.34. The molecule has 1 aliphatic rings. The van der Waals surface area contributed by atoms with Crippen LogP contribution >= 0.6 is 0 Å². The number of hydrogen-bond acceptors (Lipinski definition) is 3. The van der Waals surface area contributed by atoms with Crippen molar-refractivity contribution in [3.8, 4) is 0 Å². The molecule has 0 spiro atoms. The fourth-order valence-electron chi connectivity index (χ4n) is 2.32. The molecule has 0 aromatic rings. The van der Waals surface area contributed by atoms with E-state index in [-0.39, 0.29) is 11.3 Å². The van der Waals surface area contributed by atoms with E-state index in [1.807, 2.05) is 6.92 Å². The van der Waals surface area contributed by atoms with Crippen molar-refractivity contribution in [1.29, 1.82) is 0 Å². The van der Waals surface area contributed by atoms with Crippen molar-refractivity contribution in [2.24, 2.45) is 11.1 Å². The standard InChI is InChI=1S/C12H24N2O2/c1-2-16-9-8-14-11(15)12(10-13)6-4-3-5-7-12/h2-10,13H2,1H3,(H,14,15). The lowest BCUT2D eigenvalue weighted by Gasteiger charge is -2.34. The van der Waals surface area contributed by atoms with Gasteiger partial charge in [-0.3, -0.25) is 4.79 Å². The Hall–Kier alpha value is -0.610. The Labute approximate surface area is 97.9 Å². The topological polar surface area (TPSA) is 64.3 Å². The van der Waals surface area contributed by atoms with Crippen molar-refractivity contribution >= 4 is 5.91 Å². The van der Waals surface area contributed by atoms with Gasteiger partial charge in [0.15, 0.2) is 0 Å². The van der Waals surface area contributed by atoms with E-state index in [4.69, 9.17) is 10.5 Å². The second-order valence-corrected chi connectivity index (χ2v) is 4.50. The Bertz CT molecular complexity index is 213. The van der Waals surface area contributed by atoms with Gasteiger partial charge in [0.2, 0.25) is 5.91 Å². The predicted molar refractivity (Wildman–Crippen MR) is 64.1 cm³/mol. The minimum atomic E-state index is -0.301. The lowest BCUT2D eigenvalue weighted by Crippen LogP contribution is -2.47. The number of amides is 1. The fraction of sp³-hybridized carbons (Fsp3) is 0.917. The van der Waals surface area contributed by atoms with Gasteiger partial charge in [0.05, 0.1) is 12.0 Å². The van der Waals surface area contributed by atoms with Crippen LogP contribution in [-0.4, -0.2) is 32.2 Å². The average Bonchev–Trinajstić information content (AvgIpc) is 2.35. The van der Waals surface area contributed by atoms with Crippen molar-refractivity contribution in [2.45, 2.75) is 39.0 Å². The van der Waals surface area contributed by atoms with Crippen molar-refractivity contribution in [3.63, 3.8) is 0 Å². The largest absolute Gasteiger partial charge is 0.380 e. The van der Waals surface area contributed by atoms with Crippen molar-refractivity contribution in [2.75, 3.05) is 26.3 Å². The zero-order chi connectivity index (χ0) is 11.9. The van der Waals surface area contributed by atoms with Crippen LogP contribution in [-0.2, 0) is 9.53 Å². The molecule has 1 aliphatic carbocycles. The van der Waals surface area contributed by atoms with Crippen molar-refractivity contribution < 1.29 is 9.53 Å². The minimum Gasteiger partial charge on any atom is -0.380 e. The third-order valence-corrected chi connectivity index (χ3v) is 3.42. The molecule has 4 nitrogen and oxygen atoms in total. The molecular formula is C12H24N2O2. The molecule has 0 aromatic heterocycles. The summed E-state index contributed by atoms with van der Waals surface area (Å²) in [6.45, 7) is 4.28. The van der Waals surface area contributed by atoms with Crippen LogP contribution in [0.1, 0.15) is 39.0 Å². The summed E-state index contributed by atoms with van der Waals surface area (Å²) < 4.78 is 5.19. The number of nitrogens with one attached hydrogen (secondary N) is 1. The zero-order valence-electron chi connectivity index (χ0n) is 10.3. The molecule has 0 heterocycles. The quantitative estimate of drug-likeness (QED) is 0.668. The number of hydrogen-bond donors (Lipinski definition) is 2. The van der Waals surface area contributed by atoms with Gasteiger partial charge in [-0.1, -0.05) is 19.3 Å². The maximum Gasteiger partial charge on any atom is 0.227 e. The highest BCUT2D eigenvalue weighted by atomic mass is 16.5. The molecule has 1 rings (SSSR count). The molecule has 0 bridgehead atoms. The SMILES string of the molecule is CCOCCNC(=O)C1(CN)CCCCC1. The van der Waals surface area contributed by atoms with E-state index in [1.165, 1.54) is 6.42 Å². The first-order chi connectivity index (χ1) is 7.75. The van der Waals surface area contributed by atoms with Crippen LogP contribution < -0.4 is 11.1 Å². The normalized spacial score (nSPS) is 19.4. The van der Waals surface area contributed by atoms with Crippen LogP contribution in [0.2, 0.25) is 0 Å². The number of carbonyl (C=O) groups excluding carboxylic acids is 1. The average molecular weight is 228 g/mol. The van der Waals surface area contributed by atoms with E-state index in [0.29, 0.717) is 26.3 Å². The van der Waals surface area contributed by atoms with Gasteiger partial charge < -0.3 is 15.8 Å². The summed E-state index contributed by atoms with van der Waals surface area (Å²) in [5, 5.41) is 2.94. The van der Waals surface area contributed by atoms with Crippen LogP contribution in [0.15, 0.2) is 0 Å². The lowest BCUT2D eigenvalue weighted by atomic mass is 9.73. The highest BCUT2D eigenvalue weighted by Crippen LogP contribution is 2.35. The first kappa shape index (κ1) is 13.5. The molecule has 0 aromatic carbocycles. The number of carbonyl (C=O) groups is 1. The lowest BCUT2D eigenvalue weighted by molar-refractivity contribution is -0.132. The third kappa shape index (κ3) is 3.46. The molecule has 3 N–H and O–H groups in total. The van der Waals surface area contributed by atoms with Crippen LogP contribution in [0.4, 0.5) is 0 Å². The molecule has 4 heteroatoms. The monoisotopic (exact) mass is 228 g/mol. The van der Waals surface area contributed by atoms with E-state index in [0.717, 1.165) is 25.7 Å². The number of rotatable bonds is 6. The minimum absolute atomic E-state index is 0.120. The third-order valence-electron chi connectivity index (χ3n) is 3.42. The van der Waals surface area contributed by atoms with Crippen molar-refractivity contribution in [1.82, 2.24) is 5.32 Å². The molecule has 16 heavy (non-hydrogen) atoms. The second-order valence-electron chi connectivity index (χ2n) is 4.50. The maximum atomic E-state index is 12.1. The molecule has 0 aliphatic heterocycles. The molecule has 0 radical (unpaired) electrons. The molecular weight excluding hydrogens is 204 g/mol. The van der Waals surface area contributed by atoms with Crippen molar-refractivity contribution in [3.05, 3.63) is 0 Å². The molecule has 94 valence electrons. The summed E-state index contributed by atoms with van der Waals surface area (Å²) in [5.74, 6) is 0.120. The van der Waals surface area contributed by atoms with E-state index in [1.54, 1.807) is 0 Å². The van der Waals surface area contributed by atoms with E-state index in [2.05, 4.69) is 5.32 Å². The summed E-state index contributed by atoms with van der Waals surface area (Å²) in [5.41, 5.74) is 5.48. The highest BCUT2D eigenvalue weighted by molar-refractivity contribution is 5.83. The van der Waals surface area contributed by atoms with Gasteiger partial charge in [-0.25, -0.2) is 0 Å². The van der Waals surface area contributed by atoms with Gasteiger partial charge >= 0.3 is 0 Å². The molecule has 1 fully saturated rings. The maximum absolute atomic E-state index is 12.1. The number of nitrogens with two attached hydrogens (primary N) is 1. The van der Waals surface area contributed by atoms with Crippen LogP contribution in [0, 0.1) is 5.41 Å². The van der Waals surface area contributed by atoms with E-state index < -0.39 is 0 Å². The molecule has 0 atom stereocenters. The van der Waals surface area contributed by atoms with Gasteiger partial charge in [-0.05, 0) is 19.8 Å². The van der Waals surface area contributed by atoms with Gasteiger partial charge in [0.1, 0.15) is 0 Å². The second kappa shape index (κ2) is 6.86. The Morgan fingerprint density at radius 3 is 2.62 bits per heavy atom. The summed E-state index contributed by atoms with van der Waals surface area (Å²) in [6, 6.07) is 0. The summed E-state index contributed by atoms with van der Waals surface area (Å²) in [4.78, 5) is 12.1. The van der Waals surface area contributed by atoms with E-state index in [9.17, 15) is 4.79 Å². The fourth-order valence-corrected chi connectivity index (χ4v) is 2.32. The number of ether oxygens (including phenoxy) is 1. The van der Waals surface area contributed by atoms with E-state index >= 15 is 0 Å². The first-order valence-electron chi connectivity index (χ1n) is 6.31. The highest BCUT2D eigenvalue weighted by Gasteiger charge is 2.37. The van der Waals surface area contributed by atoms with Crippen LogP contribution in [0.5, 0.6) is 0 Å². The molecule has 0 saturated heterocycles. The van der Waals surface area contributed by atoms with Crippen LogP contribution in [0.25, 0.3) is 0 Å². The molecule has 1 saturated carbocycles. The zero-order valence-corrected chi connectivity index (χ0v) is 10.3. The van der Waals surface area contributed by atoms with Gasteiger partial charge in [-0.2, -0.15) is 0 Å². The van der Waals surface area contributed by atoms with Crippen LogP contribution in [0.3, 0.4) is 0 Å². The Balaban J connectivity index is 2.36. The summed E-state index contributed by atoms with van der Waals surface area (Å²) >= 11 is 0. The first-order valence-corrected chi connectivity index (χ1v) is 6.31. The Morgan fingerprint density at radius 1 is 1.38 bits per heavy atom. The molecule has 0 unspecified atom stereocenters. The Morgan fingerprint density at radius 2 is 2.06 bits per heavy atom. The van der Waals surface area contributed by atoms with Gasteiger partial charge in [0.25, 0.3) is 0 Å². The molecule has 1 amide bonds. The summed E-state index contributed by atoms with van der Waals surface area (Å²) in [7, 11) is 0.